The summed E-state index contributed by atoms with van der Waals surface area (Å²) in [6, 6.07) is 19.0. The minimum Gasteiger partial charge on any atom is -0.321 e. The van der Waals surface area contributed by atoms with Crippen LogP contribution in [-0.2, 0) is 4.79 Å². The Morgan fingerprint density at radius 2 is 1.88 bits per heavy atom. The van der Waals surface area contributed by atoms with Gasteiger partial charge in [0.2, 0.25) is 0 Å². The lowest BCUT2D eigenvalue weighted by Gasteiger charge is -2.06. The summed E-state index contributed by atoms with van der Waals surface area (Å²) in [5.41, 5.74) is 3.24. The molecule has 0 unspecified atom stereocenters. The van der Waals surface area contributed by atoms with Crippen molar-refractivity contribution >= 4 is 17.7 Å². The molecule has 1 amide bonds. The maximum absolute atomic E-state index is 12.3. The van der Waals surface area contributed by atoms with Crippen LogP contribution in [0.5, 0.6) is 0 Å². The quantitative estimate of drug-likeness (QED) is 0.586. The van der Waals surface area contributed by atoms with E-state index in [-0.39, 0.29) is 5.57 Å². The lowest BCUT2D eigenvalue weighted by molar-refractivity contribution is -0.112. The Kier molecular flexibility index (Phi) is 4.72. The number of nitriles is 1. The van der Waals surface area contributed by atoms with E-state index in [2.05, 4.69) is 10.4 Å². The van der Waals surface area contributed by atoms with Crippen LogP contribution in [0, 0.1) is 18.3 Å². The second-order valence-electron chi connectivity index (χ2n) is 5.49. The van der Waals surface area contributed by atoms with Gasteiger partial charge in [-0.15, -0.1) is 0 Å². The summed E-state index contributed by atoms with van der Waals surface area (Å²) < 4.78 is 1.69. The molecule has 25 heavy (non-hydrogen) atoms. The zero-order valence-corrected chi connectivity index (χ0v) is 13.7. The van der Waals surface area contributed by atoms with Crippen molar-refractivity contribution in [2.75, 3.05) is 5.32 Å². The maximum Gasteiger partial charge on any atom is 0.266 e. The fourth-order valence-corrected chi connectivity index (χ4v) is 2.35. The van der Waals surface area contributed by atoms with Crippen molar-refractivity contribution in [3.63, 3.8) is 0 Å². The molecular weight excluding hydrogens is 312 g/mol. The Labute approximate surface area is 145 Å². The summed E-state index contributed by atoms with van der Waals surface area (Å²) in [5.74, 6) is -0.440. The first-order valence-corrected chi connectivity index (χ1v) is 7.76. The highest BCUT2D eigenvalue weighted by Gasteiger charge is 2.11. The molecule has 3 aromatic rings. The van der Waals surface area contributed by atoms with Crippen LogP contribution in [0.1, 0.15) is 11.1 Å². The van der Waals surface area contributed by atoms with Crippen LogP contribution in [0.2, 0.25) is 0 Å². The van der Waals surface area contributed by atoms with Crippen molar-refractivity contribution in [3.8, 4) is 11.8 Å². The zero-order chi connectivity index (χ0) is 17.6. The molecule has 0 aliphatic rings. The van der Waals surface area contributed by atoms with E-state index in [9.17, 15) is 10.1 Å². The molecule has 1 N–H and O–H groups in total. The highest BCUT2D eigenvalue weighted by molar-refractivity contribution is 6.09. The first kappa shape index (κ1) is 16.2. The molecule has 0 atom stereocenters. The number of nitrogens with zero attached hydrogens (tertiary/aromatic N) is 3. The first-order valence-electron chi connectivity index (χ1n) is 7.76. The van der Waals surface area contributed by atoms with E-state index in [1.807, 2.05) is 61.5 Å². The van der Waals surface area contributed by atoms with Crippen LogP contribution in [0.4, 0.5) is 5.69 Å². The van der Waals surface area contributed by atoms with E-state index in [1.54, 1.807) is 23.1 Å². The van der Waals surface area contributed by atoms with Crippen LogP contribution in [0.15, 0.2) is 72.6 Å². The lowest BCUT2D eigenvalue weighted by atomic mass is 10.1. The summed E-state index contributed by atoms with van der Waals surface area (Å²) in [7, 11) is 0. The van der Waals surface area contributed by atoms with E-state index >= 15 is 0 Å². The molecule has 0 saturated heterocycles. The highest BCUT2D eigenvalue weighted by Crippen LogP contribution is 2.16. The van der Waals surface area contributed by atoms with Crippen molar-refractivity contribution in [2.45, 2.75) is 6.92 Å². The smallest absolute Gasteiger partial charge is 0.266 e. The van der Waals surface area contributed by atoms with E-state index in [1.165, 1.54) is 6.08 Å². The van der Waals surface area contributed by atoms with E-state index < -0.39 is 5.91 Å². The van der Waals surface area contributed by atoms with Crippen LogP contribution < -0.4 is 5.32 Å². The molecule has 0 bridgehead atoms. The summed E-state index contributed by atoms with van der Waals surface area (Å²) in [4.78, 5) is 12.3. The Hall–Kier alpha value is -3.65. The van der Waals surface area contributed by atoms with Gasteiger partial charge < -0.3 is 5.32 Å². The van der Waals surface area contributed by atoms with E-state index in [0.29, 0.717) is 11.3 Å². The molecule has 122 valence electrons. The third-order valence-corrected chi connectivity index (χ3v) is 3.69. The van der Waals surface area contributed by atoms with Crippen molar-refractivity contribution in [3.05, 3.63) is 83.7 Å². The van der Waals surface area contributed by atoms with Crippen LogP contribution >= 0.6 is 0 Å². The second kappa shape index (κ2) is 7.28. The molecule has 5 heteroatoms. The van der Waals surface area contributed by atoms with Crippen molar-refractivity contribution in [2.24, 2.45) is 0 Å². The number of anilines is 1. The monoisotopic (exact) mass is 328 g/mol. The summed E-state index contributed by atoms with van der Waals surface area (Å²) in [6.07, 6.45) is 4.92. The minimum atomic E-state index is -0.440. The predicted octanol–water partition coefficient (Wildman–Crippen LogP) is 3.73. The number of para-hydroxylation sites is 2. The average molecular weight is 328 g/mol. The van der Waals surface area contributed by atoms with E-state index in [0.717, 1.165) is 11.3 Å². The fraction of sp³-hybridized carbons (Fsp3) is 0.0500. The molecule has 1 heterocycles. The van der Waals surface area contributed by atoms with Gasteiger partial charge in [0.05, 0.1) is 11.9 Å². The SMILES string of the molecule is Cc1ccccc1NC(=O)/C(C#N)=C/c1cnn(-c2ccccc2)c1. The standard InChI is InChI=1S/C20H16N4O/c1-15-7-5-6-10-19(15)23-20(25)17(12-21)11-16-13-22-24(14-16)18-8-3-2-4-9-18/h2-11,13-14H,1H3,(H,23,25)/b17-11+. The highest BCUT2D eigenvalue weighted by atomic mass is 16.1. The number of benzene rings is 2. The van der Waals surface area contributed by atoms with Gasteiger partial charge in [0.1, 0.15) is 11.6 Å². The molecule has 1 aromatic heterocycles. The Morgan fingerprint density at radius 1 is 1.16 bits per heavy atom. The predicted molar refractivity (Wildman–Crippen MR) is 97.0 cm³/mol. The number of hydrogen-bond acceptors (Lipinski definition) is 3. The third kappa shape index (κ3) is 3.82. The van der Waals surface area contributed by atoms with Crippen LogP contribution in [0.3, 0.4) is 0 Å². The van der Waals surface area contributed by atoms with Gasteiger partial charge in [-0.1, -0.05) is 36.4 Å². The number of aromatic nitrogens is 2. The number of aryl methyl sites for hydroxylation is 1. The molecule has 0 radical (unpaired) electrons. The fourth-order valence-electron chi connectivity index (χ4n) is 2.35. The van der Waals surface area contributed by atoms with Crippen LogP contribution in [0.25, 0.3) is 11.8 Å². The lowest BCUT2D eigenvalue weighted by Crippen LogP contribution is -2.14. The van der Waals surface area contributed by atoms with Crippen molar-refractivity contribution in [1.82, 2.24) is 9.78 Å². The zero-order valence-electron chi connectivity index (χ0n) is 13.7. The van der Waals surface area contributed by atoms with Gasteiger partial charge in [0.15, 0.2) is 0 Å². The number of rotatable bonds is 4. The molecule has 2 aromatic carbocycles. The Bertz CT molecular complexity index is 965. The van der Waals surface area contributed by atoms with Crippen molar-refractivity contribution in [1.29, 1.82) is 5.26 Å². The maximum atomic E-state index is 12.3. The van der Waals surface area contributed by atoms with Gasteiger partial charge in [-0.05, 0) is 36.8 Å². The Balaban J connectivity index is 1.81. The number of amides is 1. The third-order valence-electron chi connectivity index (χ3n) is 3.69. The molecule has 5 nitrogen and oxygen atoms in total. The molecule has 3 rings (SSSR count). The molecule has 0 aliphatic heterocycles. The topological polar surface area (TPSA) is 70.7 Å². The van der Waals surface area contributed by atoms with Gasteiger partial charge in [0, 0.05) is 17.4 Å². The summed E-state index contributed by atoms with van der Waals surface area (Å²) in [6.45, 7) is 1.90. The average Bonchev–Trinajstić information content (AvgIpc) is 3.11. The number of hydrogen-bond donors (Lipinski definition) is 1. The van der Waals surface area contributed by atoms with Crippen LogP contribution in [-0.4, -0.2) is 15.7 Å². The summed E-state index contributed by atoms with van der Waals surface area (Å²) >= 11 is 0. The van der Waals surface area contributed by atoms with Gasteiger partial charge in [-0.3, -0.25) is 4.79 Å². The number of carbonyl (C=O) groups excluding carboxylic acids is 1. The largest absolute Gasteiger partial charge is 0.321 e. The Morgan fingerprint density at radius 3 is 2.60 bits per heavy atom. The number of nitrogens with one attached hydrogen (secondary N) is 1. The minimum absolute atomic E-state index is 0.0239. The van der Waals surface area contributed by atoms with Gasteiger partial charge in [-0.2, -0.15) is 10.4 Å². The molecule has 0 saturated carbocycles. The molecule has 0 fully saturated rings. The van der Waals surface area contributed by atoms with E-state index in [4.69, 9.17) is 0 Å². The second-order valence-corrected chi connectivity index (χ2v) is 5.49. The number of carbonyl (C=O) groups is 1. The first-order chi connectivity index (χ1) is 12.2. The van der Waals surface area contributed by atoms with Crippen molar-refractivity contribution < 1.29 is 4.79 Å². The molecule has 0 aliphatic carbocycles. The summed E-state index contributed by atoms with van der Waals surface area (Å²) in [5, 5.41) is 16.3. The normalized spacial score (nSPS) is 11.0. The molecular formula is C20H16N4O. The van der Waals surface area contributed by atoms with Gasteiger partial charge >= 0.3 is 0 Å². The molecule has 0 spiro atoms. The van der Waals surface area contributed by atoms with Gasteiger partial charge in [-0.25, -0.2) is 4.68 Å². The van der Waals surface area contributed by atoms with Gasteiger partial charge in [0.25, 0.3) is 5.91 Å².